The average molecular weight is 468 g/mol. The van der Waals surface area contributed by atoms with E-state index in [4.69, 9.17) is 10.5 Å². The predicted molar refractivity (Wildman–Crippen MR) is 131 cm³/mol. The molecule has 0 aliphatic rings. The molecular formula is C26H23N6O3+. The summed E-state index contributed by atoms with van der Waals surface area (Å²) in [6, 6.07) is 17.9. The van der Waals surface area contributed by atoms with Crippen LogP contribution in [0.15, 0.2) is 84.0 Å². The van der Waals surface area contributed by atoms with Gasteiger partial charge in [0.1, 0.15) is 16.7 Å². The van der Waals surface area contributed by atoms with Crippen molar-refractivity contribution in [2.45, 2.75) is 13.1 Å². The molecule has 0 radical (unpaired) electrons. The third kappa shape index (κ3) is 4.26. The molecule has 0 aliphatic heterocycles. The van der Waals surface area contributed by atoms with Gasteiger partial charge in [-0.1, -0.05) is 29.2 Å². The Morgan fingerprint density at radius 2 is 1.94 bits per heavy atom. The molecule has 0 saturated heterocycles. The fraction of sp³-hybridized carbons (Fsp3) is 0.115. The number of nitrogens with one attached hydrogen (secondary N) is 1. The minimum absolute atomic E-state index is 0.199. The van der Waals surface area contributed by atoms with Gasteiger partial charge in [0.2, 0.25) is 11.5 Å². The smallest absolute Gasteiger partial charge is 0.278 e. The summed E-state index contributed by atoms with van der Waals surface area (Å²) in [6.07, 6.45) is 5.04. The standard InChI is InChI=1S/C26H22N6O3/c1-35-19-9-7-17(8-10-19)15-29-25(33)20-13-21-24(30-22-6-2-3-12-31(22)26(21)34)32(23(20)27)16-18-5-4-11-28-14-18/h2-14,27H,15-16H2,1H3,(H,29,33)/p+1. The van der Waals surface area contributed by atoms with Gasteiger partial charge in [0.05, 0.1) is 13.7 Å². The number of fused-ring (bicyclic) bond motifs is 2. The molecule has 0 atom stereocenters. The highest BCUT2D eigenvalue weighted by Gasteiger charge is 2.24. The second kappa shape index (κ2) is 9.22. The maximum atomic E-state index is 13.3. The van der Waals surface area contributed by atoms with Gasteiger partial charge in [0.15, 0.2) is 0 Å². The molecule has 0 saturated carbocycles. The summed E-state index contributed by atoms with van der Waals surface area (Å²) in [7, 11) is 1.60. The number of aromatic nitrogens is 4. The Kier molecular flexibility index (Phi) is 5.80. The van der Waals surface area contributed by atoms with E-state index < -0.39 is 5.91 Å². The molecule has 4 aromatic heterocycles. The zero-order valence-electron chi connectivity index (χ0n) is 19.0. The molecule has 5 aromatic rings. The van der Waals surface area contributed by atoms with Crippen LogP contribution >= 0.6 is 0 Å². The number of nitrogens with zero attached hydrogens (tertiary/aromatic N) is 4. The fourth-order valence-electron chi connectivity index (χ4n) is 3.94. The highest BCUT2D eigenvalue weighted by molar-refractivity contribution is 6.00. The number of pyridine rings is 3. The van der Waals surface area contributed by atoms with Crippen LogP contribution in [0.3, 0.4) is 0 Å². The van der Waals surface area contributed by atoms with Crippen LogP contribution in [0.5, 0.6) is 5.75 Å². The lowest BCUT2D eigenvalue weighted by Gasteiger charge is -2.13. The molecule has 35 heavy (non-hydrogen) atoms. The summed E-state index contributed by atoms with van der Waals surface area (Å²) in [4.78, 5) is 35.4. The van der Waals surface area contributed by atoms with Crippen molar-refractivity contribution in [3.8, 4) is 5.75 Å². The molecule has 9 nitrogen and oxygen atoms in total. The fourth-order valence-corrected chi connectivity index (χ4v) is 3.94. The van der Waals surface area contributed by atoms with Gasteiger partial charge in [-0.3, -0.25) is 19.0 Å². The van der Waals surface area contributed by atoms with Crippen molar-refractivity contribution in [1.29, 1.82) is 0 Å². The van der Waals surface area contributed by atoms with Crippen LogP contribution in [-0.2, 0) is 13.1 Å². The van der Waals surface area contributed by atoms with Gasteiger partial charge in [-0.15, -0.1) is 0 Å². The second-order valence-electron chi connectivity index (χ2n) is 8.00. The van der Waals surface area contributed by atoms with Gasteiger partial charge in [-0.05, 0) is 42.0 Å². The third-order valence-electron chi connectivity index (χ3n) is 5.78. The molecule has 0 bridgehead atoms. The Balaban J connectivity index is 1.60. The molecule has 174 valence electrons. The summed E-state index contributed by atoms with van der Waals surface area (Å²) in [5.41, 5.74) is 9.07. The minimum Gasteiger partial charge on any atom is -0.497 e. The summed E-state index contributed by atoms with van der Waals surface area (Å²) >= 11 is 0. The molecule has 4 heterocycles. The van der Waals surface area contributed by atoms with Gasteiger partial charge >= 0.3 is 0 Å². The monoisotopic (exact) mass is 467 g/mol. The van der Waals surface area contributed by atoms with E-state index in [1.54, 1.807) is 42.4 Å². The number of hydrogen-bond donors (Lipinski definition) is 2. The highest BCUT2D eigenvalue weighted by Crippen LogP contribution is 2.16. The molecule has 1 amide bonds. The number of carbonyl (C=O) groups is 1. The Hall–Kier alpha value is -4.79. The van der Waals surface area contributed by atoms with Crippen molar-refractivity contribution in [2.75, 3.05) is 12.8 Å². The third-order valence-corrected chi connectivity index (χ3v) is 5.78. The molecule has 0 spiro atoms. The molecule has 5 rings (SSSR count). The van der Waals surface area contributed by atoms with E-state index in [0.29, 0.717) is 23.2 Å². The molecule has 0 fully saturated rings. The van der Waals surface area contributed by atoms with E-state index in [1.807, 2.05) is 42.5 Å². The first-order chi connectivity index (χ1) is 17.0. The zero-order chi connectivity index (χ0) is 24.4. The summed E-state index contributed by atoms with van der Waals surface area (Å²) < 4.78 is 8.31. The van der Waals surface area contributed by atoms with Crippen LogP contribution in [0, 0.1) is 0 Å². The van der Waals surface area contributed by atoms with E-state index in [9.17, 15) is 9.59 Å². The van der Waals surface area contributed by atoms with Crippen LogP contribution in [0.4, 0.5) is 5.82 Å². The maximum absolute atomic E-state index is 13.3. The van der Waals surface area contributed by atoms with Crippen LogP contribution < -0.4 is 25.9 Å². The largest absolute Gasteiger partial charge is 0.497 e. The summed E-state index contributed by atoms with van der Waals surface area (Å²) in [5.74, 6) is 0.550. The minimum atomic E-state index is -0.391. The number of hydrogen-bond acceptors (Lipinski definition) is 6. The highest BCUT2D eigenvalue weighted by atomic mass is 16.5. The van der Waals surface area contributed by atoms with E-state index in [1.165, 1.54) is 10.5 Å². The van der Waals surface area contributed by atoms with E-state index in [0.717, 1.165) is 16.9 Å². The molecule has 1 aromatic carbocycles. The topological polar surface area (TPSA) is 115 Å². The first-order valence-electron chi connectivity index (χ1n) is 11.0. The number of amides is 1. The lowest BCUT2D eigenvalue weighted by Crippen LogP contribution is -2.43. The van der Waals surface area contributed by atoms with Crippen molar-refractivity contribution < 1.29 is 14.1 Å². The number of nitrogen functional groups attached to an aromatic ring is 1. The average Bonchev–Trinajstić information content (AvgIpc) is 2.90. The SMILES string of the molecule is COc1ccc(CNC(=O)c2cc3c(=O)n4ccccc4nc3[n+](Cc3cccnc3)c2N)cc1. The van der Waals surface area contributed by atoms with Crippen molar-refractivity contribution in [3.63, 3.8) is 0 Å². The summed E-state index contributed by atoms with van der Waals surface area (Å²) in [5, 5.41) is 3.18. The van der Waals surface area contributed by atoms with Crippen LogP contribution in [0.1, 0.15) is 21.5 Å². The first-order valence-corrected chi connectivity index (χ1v) is 11.0. The predicted octanol–water partition coefficient (Wildman–Crippen LogP) is 2.10. The number of rotatable bonds is 6. The van der Waals surface area contributed by atoms with Gasteiger partial charge in [-0.25, -0.2) is 4.57 Å². The number of anilines is 1. The molecule has 0 unspecified atom stereocenters. The van der Waals surface area contributed by atoms with Crippen molar-refractivity contribution in [3.05, 3.63) is 106 Å². The molecule has 3 N–H and O–H groups in total. The molecule has 0 aliphatic carbocycles. The van der Waals surface area contributed by atoms with Crippen LogP contribution in [0.2, 0.25) is 0 Å². The quantitative estimate of drug-likeness (QED) is 0.292. The molecular weight excluding hydrogens is 444 g/mol. The van der Waals surface area contributed by atoms with Gasteiger partial charge in [0.25, 0.3) is 17.1 Å². The first kappa shape index (κ1) is 22.0. The van der Waals surface area contributed by atoms with Crippen molar-refractivity contribution >= 4 is 28.4 Å². The maximum Gasteiger partial charge on any atom is 0.278 e. The van der Waals surface area contributed by atoms with Gasteiger partial charge < -0.3 is 15.8 Å². The summed E-state index contributed by atoms with van der Waals surface area (Å²) in [6.45, 7) is 0.586. The number of ether oxygens (including phenoxy) is 1. The lowest BCUT2D eigenvalue weighted by molar-refractivity contribution is -0.649. The molecule has 9 heteroatoms. The Labute approximate surface area is 200 Å². The van der Waals surface area contributed by atoms with Gasteiger partial charge in [-0.2, -0.15) is 0 Å². The zero-order valence-corrected chi connectivity index (χ0v) is 19.0. The van der Waals surface area contributed by atoms with E-state index in [2.05, 4.69) is 15.3 Å². The van der Waals surface area contributed by atoms with E-state index in [-0.39, 0.29) is 23.5 Å². The van der Waals surface area contributed by atoms with Crippen molar-refractivity contribution in [2.24, 2.45) is 0 Å². The number of nitrogens with two attached hydrogens (primary N) is 1. The lowest BCUT2D eigenvalue weighted by atomic mass is 10.1. The number of benzene rings is 1. The van der Waals surface area contributed by atoms with E-state index >= 15 is 0 Å². The number of methoxy groups -OCH3 is 1. The van der Waals surface area contributed by atoms with Crippen LogP contribution in [-0.4, -0.2) is 27.4 Å². The number of carbonyl (C=O) groups excluding carboxylic acids is 1. The normalized spacial score (nSPS) is 11.0. The van der Waals surface area contributed by atoms with Crippen LogP contribution in [0.25, 0.3) is 16.7 Å². The second-order valence-corrected chi connectivity index (χ2v) is 8.00. The van der Waals surface area contributed by atoms with Crippen molar-refractivity contribution in [1.82, 2.24) is 19.7 Å². The van der Waals surface area contributed by atoms with Gasteiger partial charge in [0, 0.05) is 30.7 Å². The Bertz CT molecular complexity index is 1600. The Morgan fingerprint density at radius 3 is 2.69 bits per heavy atom. The Morgan fingerprint density at radius 1 is 1.11 bits per heavy atom.